The number of benzene rings is 1. The summed E-state index contributed by atoms with van der Waals surface area (Å²) in [5.74, 6) is -1.72. The number of ether oxygens (including phenoxy) is 1. The number of carbonyl (C=O) groups is 2. The highest BCUT2D eigenvalue weighted by molar-refractivity contribution is 9.10. The van der Waals surface area contributed by atoms with Gasteiger partial charge in [-0.05, 0) is 25.1 Å². The van der Waals surface area contributed by atoms with E-state index in [1.54, 1.807) is 13.0 Å². The van der Waals surface area contributed by atoms with Crippen LogP contribution in [-0.2, 0) is 9.53 Å². The van der Waals surface area contributed by atoms with Gasteiger partial charge in [-0.2, -0.15) is 0 Å². The number of piperidine rings is 1. The van der Waals surface area contributed by atoms with Gasteiger partial charge in [-0.15, -0.1) is 0 Å². The molecule has 1 saturated heterocycles. The predicted octanol–water partition coefficient (Wildman–Crippen LogP) is 2.12. The van der Waals surface area contributed by atoms with Crippen LogP contribution in [0.4, 0.5) is 4.39 Å². The molecule has 1 aromatic carbocycles. The first-order chi connectivity index (χ1) is 10.4. The molecular formula is C15H17BrFNO4. The third-order valence-corrected chi connectivity index (χ3v) is 4.19. The Kier molecular flexibility index (Phi) is 5.18. The van der Waals surface area contributed by atoms with Crippen LogP contribution < -0.4 is 0 Å². The molecule has 0 bridgehead atoms. The Morgan fingerprint density at radius 2 is 2.05 bits per heavy atom. The molecule has 0 spiro atoms. The topological polar surface area (TPSA) is 66.8 Å². The van der Waals surface area contributed by atoms with Crippen LogP contribution in [0.3, 0.4) is 0 Å². The molecule has 1 amide bonds. The van der Waals surface area contributed by atoms with Gasteiger partial charge < -0.3 is 14.7 Å². The van der Waals surface area contributed by atoms with E-state index < -0.39 is 23.3 Å². The van der Waals surface area contributed by atoms with E-state index in [2.05, 4.69) is 15.9 Å². The Hall–Kier alpha value is -1.47. The maximum Gasteiger partial charge on any atom is 0.338 e. The Morgan fingerprint density at radius 1 is 1.41 bits per heavy atom. The molecule has 22 heavy (non-hydrogen) atoms. The summed E-state index contributed by atoms with van der Waals surface area (Å²) in [6.45, 7) is 2.19. The fourth-order valence-electron chi connectivity index (χ4n) is 2.38. The fraction of sp³-hybridized carbons (Fsp3) is 0.467. The highest BCUT2D eigenvalue weighted by Crippen LogP contribution is 2.25. The van der Waals surface area contributed by atoms with Crippen molar-refractivity contribution in [1.82, 2.24) is 4.90 Å². The first-order valence-electron chi connectivity index (χ1n) is 7.01. The Morgan fingerprint density at radius 3 is 2.59 bits per heavy atom. The molecule has 2 rings (SSSR count). The highest BCUT2D eigenvalue weighted by atomic mass is 79.9. The average Bonchev–Trinajstić information content (AvgIpc) is 2.47. The number of esters is 1. The quantitative estimate of drug-likeness (QED) is 0.824. The molecule has 0 atom stereocenters. The average molecular weight is 374 g/mol. The number of halogens is 2. The van der Waals surface area contributed by atoms with E-state index in [0.29, 0.717) is 4.47 Å². The van der Waals surface area contributed by atoms with Crippen LogP contribution in [0.2, 0.25) is 0 Å². The summed E-state index contributed by atoms with van der Waals surface area (Å²) in [5, 5.41) is 10.2. The van der Waals surface area contributed by atoms with Crippen molar-refractivity contribution < 1.29 is 23.8 Å². The van der Waals surface area contributed by atoms with Gasteiger partial charge in [0.15, 0.2) is 5.60 Å². The smallest absolute Gasteiger partial charge is 0.338 e. The molecule has 0 saturated carbocycles. The molecule has 0 radical (unpaired) electrons. The van der Waals surface area contributed by atoms with Gasteiger partial charge in [-0.3, -0.25) is 4.79 Å². The molecule has 0 aromatic heterocycles. The van der Waals surface area contributed by atoms with Crippen LogP contribution in [0.25, 0.3) is 0 Å². The van der Waals surface area contributed by atoms with Gasteiger partial charge in [0, 0.05) is 30.4 Å². The fourth-order valence-corrected chi connectivity index (χ4v) is 2.72. The first kappa shape index (κ1) is 16.9. The SMILES string of the molecule is CCOC(=O)C1(O)CCN(C(=O)c2ccc(Br)cc2F)CC1. The van der Waals surface area contributed by atoms with E-state index in [-0.39, 0.29) is 38.1 Å². The van der Waals surface area contributed by atoms with E-state index in [9.17, 15) is 19.1 Å². The number of likely N-dealkylation sites (tertiary alicyclic amines) is 1. The van der Waals surface area contributed by atoms with Crippen LogP contribution in [0.1, 0.15) is 30.1 Å². The number of aliphatic hydroxyl groups is 1. The lowest BCUT2D eigenvalue weighted by molar-refractivity contribution is -0.169. The third-order valence-electron chi connectivity index (χ3n) is 3.69. The summed E-state index contributed by atoms with van der Waals surface area (Å²) in [5.41, 5.74) is -1.59. The van der Waals surface area contributed by atoms with Crippen molar-refractivity contribution in [2.75, 3.05) is 19.7 Å². The summed E-state index contributed by atoms with van der Waals surface area (Å²) < 4.78 is 19.2. The number of hydrogen-bond donors (Lipinski definition) is 1. The molecule has 1 aromatic rings. The van der Waals surface area contributed by atoms with Crippen molar-refractivity contribution in [3.8, 4) is 0 Å². The van der Waals surface area contributed by atoms with Crippen molar-refractivity contribution >= 4 is 27.8 Å². The molecule has 0 unspecified atom stereocenters. The van der Waals surface area contributed by atoms with Gasteiger partial charge >= 0.3 is 5.97 Å². The lowest BCUT2D eigenvalue weighted by Gasteiger charge is -2.36. The minimum atomic E-state index is -1.56. The number of carbonyl (C=O) groups excluding carboxylic acids is 2. The molecule has 7 heteroatoms. The van der Waals surface area contributed by atoms with Crippen molar-refractivity contribution in [2.45, 2.75) is 25.4 Å². The summed E-state index contributed by atoms with van der Waals surface area (Å²) in [6, 6.07) is 4.23. The Bertz CT molecular complexity index is 585. The van der Waals surface area contributed by atoms with Crippen molar-refractivity contribution in [3.05, 3.63) is 34.1 Å². The molecule has 120 valence electrons. The number of hydrogen-bond acceptors (Lipinski definition) is 4. The molecule has 1 aliphatic heterocycles. The molecule has 1 heterocycles. The van der Waals surface area contributed by atoms with Crippen LogP contribution >= 0.6 is 15.9 Å². The number of amides is 1. The zero-order valence-electron chi connectivity index (χ0n) is 12.1. The first-order valence-corrected chi connectivity index (χ1v) is 7.80. The molecule has 1 aliphatic rings. The van der Waals surface area contributed by atoms with Crippen molar-refractivity contribution in [1.29, 1.82) is 0 Å². The summed E-state index contributed by atoms with van der Waals surface area (Å²) in [7, 11) is 0. The molecule has 5 nitrogen and oxygen atoms in total. The zero-order chi connectivity index (χ0) is 16.3. The van der Waals surface area contributed by atoms with Crippen molar-refractivity contribution in [3.63, 3.8) is 0 Å². The molecule has 1 fully saturated rings. The standard InChI is InChI=1S/C15H17BrFNO4/c1-2-22-14(20)15(21)5-7-18(8-6-15)13(19)11-4-3-10(16)9-12(11)17/h3-4,9,21H,2,5-8H2,1H3. The lowest BCUT2D eigenvalue weighted by atomic mass is 9.91. The Labute approximate surface area is 136 Å². The van der Waals surface area contributed by atoms with Crippen LogP contribution in [-0.4, -0.2) is 47.2 Å². The molecule has 1 N–H and O–H groups in total. The number of nitrogens with zero attached hydrogens (tertiary/aromatic N) is 1. The van der Waals surface area contributed by atoms with Crippen LogP contribution in [0.5, 0.6) is 0 Å². The zero-order valence-corrected chi connectivity index (χ0v) is 13.7. The van der Waals surface area contributed by atoms with E-state index in [0.717, 1.165) is 0 Å². The minimum absolute atomic E-state index is 0.0234. The molecule has 0 aliphatic carbocycles. The van der Waals surface area contributed by atoms with Crippen molar-refractivity contribution in [2.24, 2.45) is 0 Å². The molecular weight excluding hydrogens is 357 g/mol. The Balaban J connectivity index is 2.05. The maximum atomic E-state index is 13.8. The van der Waals surface area contributed by atoms with Gasteiger partial charge in [0.05, 0.1) is 12.2 Å². The largest absolute Gasteiger partial charge is 0.464 e. The van der Waals surface area contributed by atoms with E-state index >= 15 is 0 Å². The second kappa shape index (κ2) is 6.75. The third kappa shape index (κ3) is 3.47. The second-order valence-electron chi connectivity index (χ2n) is 5.17. The normalized spacial score (nSPS) is 17.2. The van der Waals surface area contributed by atoms with Crippen LogP contribution in [0.15, 0.2) is 22.7 Å². The van der Waals surface area contributed by atoms with E-state index in [1.807, 2.05) is 0 Å². The maximum absolute atomic E-state index is 13.8. The second-order valence-corrected chi connectivity index (χ2v) is 6.08. The summed E-state index contributed by atoms with van der Waals surface area (Å²) in [4.78, 5) is 25.5. The van der Waals surface area contributed by atoms with Gasteiger partial charge in [0.2, 0.25) is 0 Å². The summed E-state index contributed by atoms with van der Waals surface area (Å²) in [6.07, 6.45) is 0.158. The highest BCUT2D eigenvalue weighted by Gasteiger charge is 2.41. The number of rotatable bonds is 3. The minimum Gasteiger partial charge on any atom is -0.464 e. The lowest BCUT2D eigenvalue weighted by Crippen LogP contribution is -2.51. The summed E-state index contributed by atoms with van der Waals surface area (Å²) >= 11 is 3.14. The van der Waals surface area contributed by atoms with Gasteiger partial charge in [0.1, 0.15) is 5.82 Å². The van der Waals surface area contributed by atoms with E-state index in [4.69, 9.17) is 4.74 Å². The predicted molar refractivity (Wildman–Crippen MR) is 80.8 cm³/mol. The van der Waals surface area contributed by atoms with E-state index in [1.165, 1.54) is 17.0 Å². The van der Waals surface area contributed by atoms with Gasteiger partial charge in [-0.25, -0.2) is 9.18 Å². The van der Waals surface area contributed by atoms with Crippen LogP contribution in [0, 0.1) is 5.82 Å². The van der Waals surface area contributed by atoms with Gasteiger partial charge in [0.25, 0.3) is 5.91 Å². The monoisotopic (exact) mass is 373 g/mol. The van der Waals surface area contributed by atoms with Gasteiger partial charge in [-0.1, -0.05) is 15.9 Å².